The lowest BCUT2D eigenvalue weighted by Gasteiger charge is -2.20. The van der Waals surface area contributed by atoms with E-state index in [0.717, 1.165) is 12.1 Å². The number of carbonyl (C=O) groups is 2. The smallest absolute Gasteiger partial charge is 0.417 e. The second-order valence-electron chi connectivity index (χ2n) is 4.16. The number of nitrogens with zero attached hydrogens (tertiary/aromatic N) is 1. The molecule has 1 aromatic rings. The fourth-order valence-corrected chi connectivity index (χ4v) is 1.61. The van der Waals surface area contributed by atoms with Crippen molar-refractivity contribution >= 4 is 17.6 Å². The number of carbonyl (C=O) groups excluding carboxylic acids is 1. The minimum atomic E-state index is -4.71. The minimum absolute atomic E-state index is 0.0442. The third-order valence-electron chi connectivity index (χ3n) is 2.68. The highest BCUT2D eigenvalue weighted by molar-refractivity contribution is 5.95. The van der Waals surface area contributed by atoms with Crippen LogP contribution in [0.3, 0.4) is 0 Å². The van der Waals surface area contributed by atoms with Crippen LogP contribution in [-0.2, 0) is 11.0 Å². The molecule has 0 spiro atoms. The molecule has 0 fully saturated rings. The molecule has 0 saturated carbocycles. The molecule has 0 radical (unpaired) electrons. The van der Waals surface area contributed by atoms with Gasteiger partial charge in [-0.15, -0.1) is 0 Å². The molecule has 0 aliphatic heterocycles. The molecule has 8 heteroatoms. The largest absolute Gasteiger partial charge is 0.481 e. The summed E-state index contributed by atoms with van der Waals surface area (Å²) in [4.78, 5) is 22.8. The van der Waals surface area contributed by atoms with Gasteiger partial charge in [-0.05, 0) is 18.2 Å². The average molecular weight is 290 g/mol. The Kier molecular flexibility index (Phi) is 4.59. The van der Waals surface area contributed by atoms with Crippen molar-refractivity contribution in [2.75, 3.05) is 18.5 Å². The van der Waals surface area contributed by atoms with Crippen molar-refractivity contribution < 1.29 is 27.9 Å². The van der Waals surface area contributed by atoms with Gasteiger partial charge in [0.15, 0.2) is 0 Å². The first-order valence-electron chi connectivity index (χ1n) is 5.57. The van der Waals surface area contributed by atoms with Crippen LogP contribution >= 0.6 is 0 Å². The number of halogens is 3. The van der Waals surface area contributed by atoms with Crippen molar-refractivity contribution in [1.29, 1.82) is 0 Å². The summed E-state index contributed by atoms with van der Waals surface area (Å²) in [5, 5.41) is 8.54. The van der Waals surface area contributed by atoms with Crippen molar-refractivity contribution in [3.05, 3.63) is 29.3 Å². The standard InChI is InChI=1S/C12H13F3N2O3/c1-17(5-4-10(18)19)7-2-3-8(11(16)20)9(6-7)12(13,14)15/h2-3,6H,4-5H2,1H3,(H2,16,20)(H,18,19). The van der Waals surface area contributed by atoms with Crippen molar-refractivity contribution in [1.82, 2.24) is 0 Å². The number of aliphatic carboxylic acids is 1. The van der Waals surface area contributed by atoms with Crippen LogP contribution in [0.25, 0.3) is 0 Å². The molecule has 5 nitrogen and oxygen atoms in total. The van der Waals surface area contributed by atoms with Crippen molar-refractivity contribution in [2.24, 2.45) is 5.73 Å². The van der Waals surface area contributed by atoms with E-state index < -0.39 is 29.2 Å². The Morgan fingerprint density at radius 1 is 1.35 bits per heavy atom. The number of amides is 1. The molecular weight excluding hydrogens is 277 g/mol. The highest BCUT2D eigenvalue weighted by Gasteiger charge is 2.35. The number of benzene rings is 1. The molecule has 0 heterocycles. The van der Waals surface area contributed by atoms with Gasteiger partial charge in [0.2, 0.25) is 5.91 Å². The predicted molar refractivity (Wildman–Crippen MR) is 65.5 cm³/mol. The number of nitrogens with two attached hydrogens (primary N) is 1. The quantitative estimate of drug-likeness (QED) is 0.864. The molecule has 1 amide bonds. The van der Waals surface area contributed by atoms with Crippen LogP contribution < -0.4 is 10.6 Å². The van der Waals surface area contributed by atoms with Crippen LogP contribution in [0.5, 0.6) is 0 Å². The molecule has 0 unspecified atom stereocenters. The van der Waals surface area contributed by atoms with Crippen LogP contribution in [0.15, 0.2) is 18.2 Å². The zero-order chi connectivity index (χ0) is 15.5. The number of primary amides is 1. The average Bonchev–Trinajstić information content (AvgIpc) is 2.33. The van der Waals surface area contributed by atoms with Crippen molar-refractivity contribution in [2.45, 2.75) is 12.6 Å². The first-order chi connectivity index (χ1) is 9.12. The molecule has 1 rings (SSSR count). The highest BCUT2D eigenvalue weighted by Crippen LogP contribution is 2.34. The van der Waals surface area contributed by atoms with E-state index in [9.17, 15) is 22.8 Å². The van der Waals surface area contributed by atoms with E-state index in [1.165, 1.54) is 18.0 Å². The molecule has 110 valence electrons. The number of alkyl halides is 3. The third kappa shape index (κ3) is 3.87. The molecule has 20 heavy (non-hydrogen) atoms. The Balaban J connectivity index is 3.13. The maximum absolute atomic E-state index is 12.8. The molecule has 0 bridgehead atoms. The molecular formula is C12H13F3N2O3. The summed E-state index contributed by atoms with van der Waals surface area (Å²) in [6.07, 6.45) is -4.93. The van der Waals surface area contributed by atoms with Gasteiger partial charge in [0, 0.05) is 19.3 Å². The van der Waals surface area contributed by atoms with Crippen LogP contribution in [-0.4, -0.2) is 30.6 Å². The van der Waals surface area contributed by atoms with Gasteiger partial charge in [0.05, 0.1) is 17.5 Å². The number of rotatable bonds is 5. The Morgan fingerprint density at radius 3 is 2.40 bits per heavy atom. The summed E-state index contributed by atoms with van der Waals surface area (Å²) >= 11 is 0. The number of anilines is 1. The summed E-state index contributed by atoms with van der Waals surface area (Å²) in [5.74, 6) is -2.22. The van der Waals surface area contributed by atoms with E-state index >= 15 is 0 Å². The SMILES string of the molecule is CN(CCC(=O)O)c1ccc(C(N)=O)c(C(F)(F)F)c1. The maximum atomic E-state index is 12.8. The number of hydrogen-bond donors (Lipinski definition) is 2. The van der Waals surface area contributed by atoms with Gasteiger partial charge < -0.3 is 15.7 Å². The Morgan fingerprint density at radius 2 is 1.95 bits per heavy atom. The zero-order valence-corrected chi connectivity index (χ0v) is 10.6. The topological polar surface area (TPSA) is 83.6 Å². The van der Waals surface area contributed by atoms with Gasteiger partial charge in [-0.3, -0.25) is 9.59 Å². The molecule has 0 atom stereocenters. The maximum Gasteiger partial charge on any atom is 0.417 e. The molecule has 1 aromatic carbocycles. The zero-order valence-electron chi connectivity index (χ0n) is 10.6. The lowest BCUT2D eigenvalue weighted by Crippen LogP contribution is -2.23. The van der Waals surface area contributed by atoms with E-state index in [1.807, 2.05) is 0 Å². The Labute approximate surface area is 112 Å². The molecule has 0 aromatic heterocycles. The van der Waals surface area contributed by atoms with Crippen molar-refractivity contribution in [3.8, 4) is 0 Å². The van der Waals surface area contributed by atoms with Gasteiger partial charge in [-0.25, -0.2) is 0 Å². The Hall–Kier alpha value is -2.25. The second-order valence-corrected chi connectivity index (χ2v) is 4.16. The lowest BCUT2D eigenvalue weighted by molar-refractivity contribution is -0.138. The van der Waals surface area contributed by atoms with Crippen LogP contribution in [0.1, 0.15) is 22.3 Å². The first-order valence-corrected chi connectivity index (χ1v) is 5.57. The summed E-state index contributed by atoms with van der Waals surface area (Å²) in [6, 6.07) is 3.05. The van der Waals surface area contributed by atoms with E-state index in [-0.39, 0.29) is 18.7 Å². The first kappa shape index (κ1) is 15.8. The second kappa shape index (κ2) is 5.81. The monoisotopic (exact) mass is 290 g/mol. The molecule has 3 N–H and O–H groups in total. The van der Waals surface area contributed by atoms with Gasteiger partial charge in [0.1, 0.15) is 0 Å². The van der Waals surface area contributed by atoms with Crippen molar-refractivity contribution in [3.63, 3.8) is 0 Å². The van der Waals surface area contributed by atoms with E-state index in [4.69, 9.17) is 10.8 Å². The fraction of sp³-hybridized carbons (Fsp3) is 0.333. The van der Waals surface area contributed by atoms with E-state index in [0.29, 0.717) is 0 Å². The molecule has 0 saturated heterocycles. The normalized spacial score (nSPS) is 11.2. The van der Waals surface area contributed by atoms with E-state index in [2.05, 4.69) is 0 Å². The fourth-order valence-electron chi connectivity index (χ4n) is 1.61. The van der Waals surface area contributed by atoms with Gasteiger partial charge in [0.25, 0.3) is 0 Å². The summed E-state index contributed by atoms with van der Waals surface area (Å²) in [7, 11) is 1.46. The van der Waals surface area contributed by atoms with E-state index in [1.54, 1.807) is 0 Å². The van der Waals surface area contributed by atoms with Crippen LogP contribution in [0, 0.1) is 0 Å². The molecule has 0 aliphatic carbocycles. The number of carboxylic acid groups (broad SMARTS) is 1. The molecule has 0 aliphatic rings. The summed E-state index contributed by atoms with van der Waals surface area (Å²) in [6.45, 7) is 0.0442. The number of hydrogen-bond acceptors (Lipinski definition) is 3. The third-order valence-corrected chi connectivity index (χ3v) is 2.68. The minimum Gasteiger partial charge on any atom is -0.481 e. The Bertz CT molecular complexity index is 529. The van der Waals surface area contributed by atoms with Gasteiger partial charge >= 0.3 is 12.1 Å². The number of carboxylic acids is 1. The van der Waals surface area contributed by atoms with Crippen LogP contribution in [0.4, 0.5) is 18.9 Å². The highest BCUT2D eigenvalue weighted by atomic mass is 19.4. The van der Waals surface area contributed by atoms with Gasteiger partial charge in [-0.2, -0.15) is 13.2 Å². The van der Waals surface area contributed by atoms with Gasteiger partial charge in [-0.1, -0.05) is 0 Å². The predicted octanol–water partition coefficient (Wildman–Crippen LogP) is 1.72. The van der Waals surface area contributed by atoms with Crippen LogP contribution in [0.2, 0.25) is 0 Å². The summed E-state index contributed by atoms with van der Waals surface area (Å²) in [5.41, 5.74) is 3.31. The lowest BCUT2D eigenvalue weighted by atomic mass is 10.0. The summed E-state index contributed by atoms with van der Waals surface area (Å²) < 4.78 is 38.5.